The lowest BCUT2D eigenvalue weighted by Crippen LogP contribution is -2.44. The fourth-order valence-electron chi connectivity index (χ4n) is 4.64. The summed E-state index contributed by atoms with van der Waals surface area (Å²) in [7, 11) is 2.16. The molecule has 0 N–H and O–H groups in total. The maximum atomic E-state index is 12.8. The van der Waals surface area contributed by atoms with Crippen molar-refractivity contribution >= 4 is 29.2 Å². The van der Waals surface area contributed by atoms with E-state index in [1.807, 2.05) is 17.2 Å². The molecular formula is C22H29N5O. The first-order valence-corrected chi connectivity index (χ1v) is 10.2. The van der Waals surface area contributed by atoms with Gasteiger partial charge in [0.2, 0.25) is 5.91 Å². The van der Waals surface area contributed by atoms with Gasteiger partial charge < -0.3 is 9.80 Å². The summed E-state index contributed by atoms with van der Waals surface area (Å²) in [4.78, 5) is 28.0. The summed E-state index contributed by atoms with van der Waals surface area (Å²) in [5, 5.41) is 1.18. The summed E-state index contributed by atoms with van der Waals surface area (Å²) in [6, 6.07) is 11.0. The number of likely N-dealkylation sites (N-methyl/N-ethyl adjacent to an activating group) is 1. The molecule has 0 saturated carbocycles. The first-order chi connectivity index (χ1) is 13.7. The SMILES string of the molecule is C=NC[C@@H]1CCCN1C(=O)CN1CC[C@H](N(C)c2ccnc3ccccc23)C1. The number of benzene rings is 1. The van der Waals surface area contributed by atoms with Gasteiger partial charge in [-0.2, -0.15) is 0 Å². The van der Waals surface area contributed by atoms with Gasteiger partial charge in [0.1, 0.15) is 0 Å². The zero-order chi connectivity index (χ0) is 19.5. The first-order valence-electron chi connectivity index (χ1n) is 10.2. The highest BCUT2D eigenvalue weighted by molar-refractivity contribution is 5.91. The van der Waals surface area contributed by atoms with Gasteiger partial charge in [0.15, 0.2) is 0 Å². The largest absolute Gasteiger partial charge is 0.370 e. The Hall–Kier alpha value is -2.47. The monoisotopic (exact) mass is 379 g/mol. The number of aromatic nitrogens is 1. The van der Waals surface area contributed by atoms with E-state index in [4.69, 9.17) is 0 Å². The minimum atomic E-state index is 0.240. The number of rotatable bonds is 6. The van der Waals surface area contributed by atoms with E-state index < -0.39 is 0 Å². The van der Waals surface area contributed by atoms with Gasteiger partial charge in [-0.3, -0.25) is 19.7 Å². The van der Waals surface area contributed by atoms with Crippen molar-refractivity contribution in [3.63, 3.8) is 0 Å². The van der Waals surface area contributed by atoms with Gasteiger partial charge >= 0.3 is 0 Å². The van der Waals surface area contributed by atoms with Crippen LogP contribution in [-0.2, 0) is 4.79 Å². The van der Waals surface area contributed by atoms with Crippen molar-refractivity contribution in [1.82, 2.24) is 14.8 Å². The van der Waals surface area contributed by atoms with Gasteiger partial charge in [-0.05, 0) is 38.1 Å². The summed E-state index contributed by atoms with van der Waals surface area (Å²) < 4.78 is 0. The van der Waals surface area contributed by atoms with E-state index in [9.17, 15) is 4.79 Å². The van der Waals surface area contributed by atoms with Crippen molar-refractivity contribution in [3.05, 3.63) is 36.5 Å². The van der Waals surface area contributed by atoms with Gasteiger partial charge in [0.05, 0.1) is 24.6 Å². The second-order valence-electron chi connectivity index (χ2n) is 7.93. The van der Waals surface area contributed by atoms with Crippen LogP contribution < -0.4 is 4.90 Å². The third-order valence-electron chi connectivity index (χ3n) is 6.20. The zero-order valence-corrected chi connectivity index (χ0v) is 16.6. The molecule has 3 heterocycles. The molecule has 28 heavy (non-hydrogen) atoms. The molecule has 1 aromatic carbocycles. The van der Waals surface area contributed by atoms with Crippen LogP contribution in [0.15, 0.2) is 41.5 Å². The van der Waals surface area contributed by atoms with Crippen LogP contribution in [0.4, 0.5) is 5.69 Å². The quantitative estimate of drug-likeness (QED) is 0.724. The number of para-hydroxylation sites is 1. The number of fused-ring (bicyclic) bond motifs is 1. The lowest BCUT2D eigenvalue weighted by atomic mass is 10.1. The Balaban J connectivity index is 1.40. The van der Waals surface area contributed by atoms with Gasteiger partial charge in [0, 0.05) is 50.0 Å². The lowest BCUT2D eigenvalue weighted by molar-refractivity contribution is -0.132. The van der Waals surface area contributed by atoms with Gasteiger partial charge in [0.25, 0.3) is 0 Å². The molecule has 4 rings (SSSR count). The second-order valence-corrected chi connectivity index (χ2v) is 7.93. The molecule has 0 spiro atoms. The Kier molecular flexibility index (Phi) is 5.57. The van der Waals surface area contributed by atoms with Crippen LogP contribution >= 0.6 is 0 Å². The molecule has 2 aliphatic heterocycles. The zero-order valence-electron chi connectivity index (χ0n) is 16.6. The fourth-order valence-corrected chi connectivity index (χ4v) is 4.64. The maximum absolute atomic E-state index is 12.8. The third kappa shape index (κ3) is 3.74. The van der Waals surface area contributed by atoms with E-state index in [0.29, 0.717) is 19.1 Å². The molecule has 0 aliphatic carbocycles. The van der Waals surface area contributed by atoms with E-state index in [2.05, 4.69) is 57.8 Å². The van der Waals surface area contributed by atoms with Gasteiger partial charge in [-0.25, -0.2) is 0 Å². The summed E-state index contributed by atoms with van der Waals surface area (Å²) in [5.41, 5.74) is 2.23. The second kappa shape index (κ2) is 8.27. The first kappa shape index (κ1) is 18.9. The number of carbonyl (C=O) groups excluding carboxylic acids is 1. The standard InChI is InChI=1S/C22H29N5O/c1-23-14-17-6-5-12-27(17)22(28)16-26-13-10-18(15-26)25(2)21-9-11-24-20-8-4-3-7-19(20)21/h3-4,7-9,11,17-18H,1,5-6,10,12-16H2,2H3/t17-,18-/m0/s1. The summed E-state index contributed by atoms with van der Waals surface area (Å²) in [6.07, 6.45) is 5.07. The van der Waals surface area contributed by atoms with Crippen LogP contribution in [0.25, 0.3) is 10.9 Å². The van der Waals surface area contributed by atoms with Gasteiger partial charge in [-0.15, -0.1) is 0 Å². The van der Waals surface area contributed by atoms with Crippen molar-refractivity contribution in [2.75, 3.05) is 44.7 Å². The number of pyridine rings is 1. The van der Waals surface area contributed by atoms with Crippen molar-refractivity contribution in [2.45, 2.75) is 31.3 Å². The Bertz CT molecular complexity index is 848. The predicted octanol–water partition coefficient (Wildman–Crippen LogP) is 2.44. The number of nitrogens with zero attached hydrogens (tertiary/aromatic N) is 5. The molecule has 0 bridgehead atoms. The Labute approximate surface area is 166 Å². The molecule has 148 valence electrons. The average molecular weight is 380 g/mol. The van der Waals surface area contributed by atoms with Crippen molar-refractivity contribution in [1.29, 1.82) is 0 Å². The summed E-state index contributed by atoms with van der Waals surface area (Å²) in [6.45, 7) is 7.49. The molecule has 2 aromatic rings. The molecule has 2 fully saturated rings. The molecule has 6 nitrogen and oxygen atoms in total. The van der Waals surface area contributed by atoms with E-state index in [1.165, 1.54) is 11.1 Å². The lowest BCUT2D eigenvalue weighted by Gasteiger charge is -2.29. The minimum Gasteiger partial charge on any atom is -0.370 e. The van der Waals surface area contributed by atoms with Crippen LogP contribution in [0.1, 0.15) is 19.3 Å². The van der Waals surface area contributed by atoms with E-state index in [-0.39, 0.29) is 11.9 Å². The smallest absolute Gasteiger partial charge is 0.237 e. The number of hydrogen-bond donors (Lipinski definition) is 0. The molecule has 2 atom stereocenters. The fraction of sp³-hybridized carbons (Fsp3) is 0.500. The van der Waals surface area contributed by atoms with Crippen LogP contribution in [0.3, 0.4) is 0 Å². The molecule has 1 aromatic heterocycles. The number of aliphatic imine (C=N–C) groups is 1. The Morgan fingerprint density at radius 3 is 3.00 bits per heavy atom. The van der Waals surface area contributed by atoms with Crippen LogP contribution in [-0.4, -0.2) is 79.3 Å². The number of amides is 1. The normalized spacial score (nSPS) is 22.7. The minimum absolute atomic E-state index is 0.240. The average Bonchev–Trinajstić information content (AvgIpc) is 3.37. The van der Waals surface area contributed by atoms with E-state index in [1.54, 1.807) is 0 Å². The molecular weight excluding hydrogens is 350 g/mol. The molecule has 0 radical (unpaired) electrons. The molecule has 0 unspecified atom stereocenters. The number of hydrogen-bond acceptors (Lipinski definition) is 5. The maximum Gasteiger partial charge on any atom is 0.237 e. The van der Waals surface area contributed by atoms with Crippen molar-refractivity contribution in [3.8, 4) is 0 Å². The number of anilines is 1. The predicted molar refractivity (Wildman–Crippen MR) is 114 cm³/mol. The molecule has 6 heteroatoms. The van der Waals surface area contributed by atoms with Crippen molar-refractivity contribution in [2.24, 2.45) is 4.99 Å². The summed E-state index contributed by atoms with van der Waals surface area (Å²) in [5.74, 6) is 0.240. The highest BCUT2D eigenvalue weighted by atomic mass is 16.2. The highest BCUT2D eigenvalue weighted by Gasteiger charge is 2.32. The van der Waals surface area contributed by atoms with Crippen molar-refractivity contribution < 1.29 is 4.79 Å². The summed E-state index contributed by atoms with van der Waals surface area (Å²) >= 11 is 0. The number of carbonyl (C=O) groups is 1. The molecule has 2 aliphatic rings. The van der Waals surface area contributed by atoms with Crippen LogP contribution in [0.2, 0.25) is 0 Å². The van der Waals surface area contributed by atoms with Gasteiger partial charge in [-0.1, -0.05) is 18.2 Å². The van der Waals surface area contributed by atoms with Crippen LogP contribution in [0, 0.1) is 0 Å². The Morgan fingerprint density at radius 1 is 1.29 bits per heavy atom. The van der Waals surface area contributed by atoms with Crippen LogP contribution in [0.5, 0.6) is 0 Å². The molecule has 1 amide bonds. The van der Waals surface area contributed by atoms with E-state index in [0.717, 1.165) is 44.4 Å². The third-order valence-corrected chi connectivity index (χ3v) is 6.20. The molecule has 2 saturated heterocycles. The Morgan fingerprint density at radius 2 is 2.14 bits per heavy atom. The highest BCUT2D eigenvalue weighted by Crippen LogP contribution is 2.28. The topological polar surface area (TPSA) is 52.0 Å². The number of likely N-dealkylation sites (tertiary alicyclic amines) is 2. The van der Waals surface area contributed by atoms with E-state index >= 15 is 0 Å².